The molecule has 1 N–H and O–H groups in total. The highest BCUT2D eigenvalue weighted by atomic mass is 14.8. The van der Waals surface area contributed by atoms with Gasteiger partial charge in [-0.2, -0.15) is 0 Å². The van der Waals surface area contributed by atoms with Gasteiger partial charge in [-0.3, -0.25) is 0 Å². The second-order valence-electron chi connectivity index (χ2n) is 6.92. The Bertz CT molecular complexity index is 491. The molecule has 0 saturated carbocycles. The molecular formula is C19H29N. The van der Waals surface area contributed by atoms with Gasteiger partial charge in [-0.1, -0.05) is 52.0 Å². The first-order valence-electron chi connectivity index (χ1n) is 8.00. The summed E-state index contributed by atoms with van der Waals surface area (Å²) in [5.41, 5.74) is 6.04. The van der Waals surface area contributed by atoms with Gasteiger partial charge in [0.25, 0.3) is 0 Å². The van der Waals surface area contributed by atoms with Crippen LogP contribution >= 0.6 is 0 Å². The molecule has 1 aromatic rings. The molecule has 1 nitrogen and oxygen atoms in total. The predicted octanol–water partition coefficient (Wildman–Crippen LogP) is 5.22. The highest BCUT2D eigenvalue weighted by Crippen LogP contribution is 2.40. The van der Waals surface area contributed by atoms with Crippen LogP contribution in [0, 0.1) is 0 Å². The lowest BCUT2D eigenvalue weighted by Gasteiger charge is -2.31. The summed E-state index contributed by atoms with van der Waals surface area (Å²) in [4.78, 5) is 0. The molecule has 0 aliphatic heterocycles. The van der Waals surface area contributed by atoms with E-state index in [0.29, 0.717) is 5.92 Å². The van der Waals surface area contributed by atoms with Crippen LogP contribution in [0.25, 0.3) is 5.70 Å². The van der Waals surface area contributed by atoms with Crippen LogP contribution < -0.4 is 5.32 Å². The van der Waals surface area contributed by atoms with Gasteiger partial charge in [0.1, 0.15) is 0 Å². The van der Waals surface area contributed by atoms with Gasteiger partial charge in [0.05, 0.1) is 0 Å². The zero-order valence-corrected chi connectivity index (χ0v) is 13.7. The summed E-state index contributed by atoms with van der Waals surface area (Å²) in [5.74, 6) is 0.692. The molecule has 1 aliphatic carbocycles. The zero-order valence-electron chi connectivity index (χ0n) is 13.7. The fourth-order valence-corrected chi connectivity index (χ4v) is 3.40. The van der Waals surface area contributed by atoms with E-state index in [1.54, 1.807) is 5.56 Å². The van der Waals surface area contributed by atoms with E-state index in [4.69, 9.17) is 0 Å². The summed E-state index contributed by atoms with van der Waals surface area (Å²) in [6.07, 6.45) is 7.39. The van der Waals surface area contributed by atoms with Gasteiger partial charge >= 0.3 is 0 Å². The number of rotatable bonds is 2. The van der Waals surface area contributed by atoms with Crippen LogP contribution in [-0.4, -0.2) is 7.05 Å². The number of benzene rings is 1. The van der Waals surface area contributed by atoms with Gasteiger partial charge < -0.3 is 5.32 Å². The van der Waals surface area contributed by atoms with E-state index in [0.717, 1.165) is 0 Å². The molecule has 0 bridgehead atoms. The van der Waals surface area contributed by atoms with Crippen molar-refractivity contribution in [2.24, 2.45) is 0 Å². The van der Waals surface area contributed by atoms with Gasteiger partial charge in [-0.25, -0.2) is 0 Å². The normalized spacial score (nSPS) is 19.6. The fourth-order valence-electron chi connectivity index (χ4n) is 3.40. The first-order valence-corrected chi connectivity index (χ1v) is 8.00. The predicted molar refractivity (Wildman–Crippen MR) is 89.1 cm³/mol. The molecule has 20 heavy (non-hydrogen) atoms. The maximum Gasteiger partial charge on any atom is 0.0373 e. The second-order valence-corrected chi connectivity index (χ2v) is 6.92. The standard InChI is InChI=1S/C19H29N/c1-6-14-10-7-8-13-17(20-5)15-11-9-12-16(18(14)15)19(2,3)4/h9,11-14,20H,6-8,10H2,1-5H3. The number of hydrogen-bond acceptors (Lipinski definition) is 1. The van der Waals surface area contributed by atoms with E-state index in [-0.39, 0.29) is 5.41 Å². The molecule has 0 saturated heterocycles. The third kappa shape index (κ3) is 2.92. The number of fused-ring (bicyclic) bond motifs is 1. The molecule has 0 fully saturated rings. The summed E-state index contributed by atoms with van der Waals surface area (Å²) < 4.78 is 0. The molecule has 0 spiro atoms. The van der Waals surface area contributed by atoms with Gasteiger partial charge in [0.2, 0.25) is 0 Å². The topological polar surface area (TPSA) is 12.0 Å². The maximum atomic E-state index is 3.41. The van der Waals surface area contributed by atoms with Crippen molar-refractivity contribution in [2.75, 3.05) is 7.05 Å². The Kier molecular flexibility index (Phi) is 4.57. The van der Waals surface area contributed by atoms with Crippen molar-refractivity contribution in [1.29, 1.82) is 0 Å². The molecule has 0 heterocycles. The molecule has 1 unspecified atom stereocenters. The van der Waals surface area contributed by atoms with Crippen molar-refractivity contribution >= 4 is 5.70 Å². The van der Waals surface area contributed by atoms with Crippen molar-refractivity contribution in [3.8, 4) is 0 Å². The Morgan fingerprint density at radius 3 is 2.60 bits per heavy atom. The average Bonchev–Trinajstić information content (AvgIpc) is 2.39. The Morgan fingerprint density at radius 1 is 1.25 bits per heavy atom. The largest absolute Gasteiger partial charge is 0.388 e. The van der Waals surface area contributed by atoms with E-state index in [1.165, 1.54) is 42.5 Å². The molecule has 1 heteroatoms. The molecule has 1 aromatic carbocycles. The van der Waals surface area contributed by atoms with E-state index >= 15 is 0 Å². The molecular weight excluding hydrogens is 242 g/mol. The third-order valence-corrected chi connectivity index (χ3v) is 4.48. The first-order chi connectivity index (χ1) is 9.49. The van der Waals surface area contributed by atoms with Crippen molar-refractivity contribution in [2.45, 2.75) is 64.7 Å². The molecule has 2 rings (SSSR count). The molecule has 1 aliphatic rings. The summed E-state index contributed by atoms with van der Waals surface area (Å²) in [5, 5.41) is 3.41. The lowest BCUT2D eigenvalue weighted by Crippen LogP contribution is -2.20. The summed E-state index contributed by atoms with van der Waals surface area (Å²) in [7, 11) is 2.04. The van der Waals surface area contributed by atoms with E-state index in [9.17, 15) is 0 Å². The van der Waals surface area contributed by atoms with Gasteiger partial charge in [-0.05, 0) is 48.1 Å². The van der Waals surface area contributed by atoms with Crippen LogP contribution in [0.3, 0.4) is 0 Å². The number of hydrogen-bond donors (Lipinski definition) is 1. The molecule has 0 amide bonds. The zero-order chi connectivity index (χ0) is 14.8. The minimum atomic E-state index is 0.205. The fraction of sp³-hybridized carbons (Fsp3) is 0.579. The number of nitrogens with one attached hydrogen (secondary N) is 1. The highest BCUT2D eigenvalue weighted by molar-refractivity contribution is 5.69. The SMILES string of the molecule is CCC1CCCC=C(NC)c2cccc(C(C)(C)C)c21. The van der Waals surface area contributed by atoms with Crippen LogP contribution in [0.2, 0.25) is 0 Å². The quantitative estimate of drug-likeness (QED) is 0.777. The number of allylic oxidation sites excluding steroid dienone is 1. The van der Waals surface area contributed by atoms with E-state index in [1.807, 2.05) is 7.05 Å². The van der Waals surface area contributed by atoms with Crippen LogP contribution in [0.15, 0.2) is 24.3 Å². The summed E-state index contributed by atoms with van der Waals surface area (Å²) in [6, 6.07) is 6.84. The van der Waals surface area contributed by atoms with Gasteiger partial charge in [0.15, 0.2) is 0 Å². The van der Waals surface area contributed by atoms with Crippen molar-refractivity contribution in [3.05, 3.63) is 41.0 Å². The maximum absolute atomic E-state index is 3.41. The Balaban J connectivity index is 2.69. The smallest absolute Gasteiger partial charge is 0.0373 e. The average molecular weight is 271 g/mol. The molecule has 0 radical (unpaired) electrons. The van der Waals surface area contributed by atoms with Crippen LogP contribution in [-0.2, 0) is 5.41 Å². The Morgan fingerprint density at radius 2 is 2.00 bits per heavy atom. The Labute approximate surface area is 124 Å². The lowest BCUT2D eigenvalue weighted by atomic mass is 9.75. The lowest BCUT2D eigenvalue weighted by molar-refractivity contribution is 0.533. The van der Waals surface area contributed by atoms with E-state index in [2.05, 4.69) is 57.3 Å². The molecule has 1 atom stereocenters. The Hall–Kier alpha value is -1.24. The first kappa shape index (κ1) is 15.2. The van der Waals surface area contributed by atoms with Crippen molar-refractivity contribution in [3.63, 3.8) is 0 Å². The summed E-state index contributed by atoms with van der Waals surface area (Å²) in [6.45, 7) is 9.32. The van der Waals surface area contributed by atoms with Crippen molar-refractivity contribution < 1.29 is 0 Å². The highest BCUT2D eigenvalue weighted by Gasteiger charge is 2.26. The molecule has 0 aromatic heterocycles. The summed E-state index contributed by atoms with van der Waals surface area (Å²) >= 11 is 0. The second kappa shape index (κ2) is 6.03. The van der Waals surface area contributed by atoms with Crippen LogP contribution in [0.5, 0.6) is 0 Å². The van der Waals surface area contributed by atoms with Gasteiger partial charge in [0, 0.05) is 18.3 Å². The van der Waals surface area contributed by atoms with E-state index < -0.39 is 0 Å². The molecule has 110 valence electrons. The van der Waals surface area contributed by atoms with Crippen molar-refractivity contribution in [1.82, 2.24) is 5.32 Å². The third-order valence-electron chi connectivity index (χ3n) is 4.48. The van der Waals surface area contributed by atoms with Gasteiger partial charge in [-0.15, -0.1) is 0 Å². The minimum absolute atomic E-state index is 0.205. The van der Waals surface area contributed by atoms with Crippen LogP contribution in [0.1, 0.15) is 76.0 Å². The van der Waals surface area contributed by atoms with Crippen LogP contribution in [0.4, 0.5) is 0 Å². The minimum Gasteiger partial charge on any atom is -0.388 e. The monoisotopic (exact) mass is 271 g/mol.